The van der Waals surface area contributed by atoms with Crippen LogP contribution in [0.3, 0.4) is 0 Å². The molecule has 0 bridgehead atoms. The number of hydrogen-bond acceptors (Lipinski definition) is 6. The Kier molecular flexibility index (Phi) is 7.56. The lowest BCUT2D eigenvalue weighted by Crippen LogP contribution is -2.30. The number of rotatable bonds is 9. The molecular weight excluding hydrogens is 512 g/mol. The molecule has 2 aromatic heterocycles. The number of sulfone groups is 1. The highest BCUT2D eigenvalue weighted by molar-refractivity contribution is 7.91. The van der Waals surface area contributed by atoms with Crippen LogP contribution in [-0.4, -0.2) is 19.3 Å². The number of carbonyl (C=O) groups excluding carboxylic acids is 1. The monoisotopic (exact) mass is 538 g/mol. The molecule has 0 unspecified atom stereocenters. The second-order valence-corrected chi connectivity index (χ2v) is 10.8. The average Bonchev–Trinajstić information content (AvgIpc) is 3.48. The van der Waals surface area contributed by atoms with E-state index in [4.69, 9.17) is 9.15 Å². The van der Waals surface area contributed by atoms with E-state index in [9.17, 15) is 13.2 Å². The van der Waals surface area contributed by atoms with Crippen LogP contribution in [0.25, 0.3) is 0 Å². The van der Waals surface area contributed by atoms with Crippen molar-refractivity contribution in [2.24, 2.45) is 0 Å². The van der Waals surface area contributed by atoms with Gasteiger partial charge in [-0.2, -0.15) is 0 Å². The van der Waals surface area contributed by atoms with Gasteiger partial charge >= 0.3 is 0 Å². The van der Waals surface area contributed by atoms with Crippen LogP contribution in [0.1, 0.15) is 27.2 Å². The van der Waals surface area contributed by atoms with Gasteiger partial charge in [-0.1, -0.05) is 66.2 Å². The fourth-order valence-corrected chi connectivity index (χ4v) is 5.10. The van der Waals surface area contributed by atoms with Gasteiger partial charge in [0.25, 0.3) is 5.91 Å². The van der Waals surface area contributed by atoms with E-state index in [2.05, 4.69) is 4.98 Å². The van der Waals surface area contributed by atoms with Crippen molar-refractivity contribution in [3.63, 3.8) is 0 Å². The summed E-state index contributed by atoms with van der Waals surface area (Å²) in [7, 11) is -3.91. The Morgan fingerprint density at radius 3 is 2.23 bits per heavy atom. The minimum atomic E-state index is -3.91. The topological polar surface area (TPSA) is 89.7 Å². The molecule has 0 aliphatic rings. The Balaban J connectivity index is 1.35. The fraction of sp³-hybridized carbons (Fsp3) is 0.0968. The normalized spacial score (nSPS) is 11.2. The van der Waals surface area contributed by atoms with Gasteiger partial charge in [0.1, 0.15) is 18.2 Å². The summed E-state index contributed by atoms with van der Waals surface area (Å²) < 4.78 is 37.6. The lowest BCUT2D eigenvalue weighted by atomic mass is 10.2. The Morgan fingerprint density at radius 1 is 0.821 bits per heavy atom. The summed E-state index contributed by atoms with van der Waals surface area (Å²) in [5.41, 5.74) is 2.84. The molecule has 0 N–H and O–H groups in total. The fourth-order valence-electron chi connectivity index (χ4n) is 3.93. The quantitative estimate of drug-likeness (QED) is 0.221. The number of aromatic nitrogens is 1. The van der Waals surface area contributed by atoms with Gasteiger partial charge in [0, 0.05) is 6.20 Å². The number of furan rings is 1. The van der Waals surface area contributed by atoms with E-state index in [1.165, 1.54) is 29.2 Å². The summed E-state index contributed by atoms with van der Waals surface area (Å²) in [6, 6.07) is 31.7. The van der Waals surface area contributed by atoms with Crippen LogP contribution in [0, 0.1) is 6.92 Å². The van der Waals surface area contributed by atoms with Gasteiger partial charge in [-0.3, -0.25) is 9.69 Å². The van der Waals surface area contributed by atoms with Gasteiger partial charge in [0.15, 0.2) is 5.76 Å². The molecule has 39 heavy (non-hydrogen) atoms. The van der Waals surface area contributed by atoms with Crippen LogP contribution in [0.15, 0.2) is 130 Å². The van der Waals surface area contributed by atoms with Crippen molar-refractivity contribution in [1.82, 2.24) is 4.98 Å². The maximum Gasteiger partial charge on any atom is 0.295 e. The third-order valence-electron chi connectivity index (χ3n) is 6.07. The number of carbonyl (C=O) groups is 1. The maximum absolute atomic E-state index is 13.6. The van der Waals surface area contributed by atoms with Gasteiger partial charge in [-0.05, 0) is 66.6 Å². The summed E-state index contributed by atoms with van der Waals surface area (Å²) in [5.74, 6) is 0.499. The summed E-state index contributed by atoms with van der Waals surface area (Å²) in [6.45, 7) is 2.51. The first-order valence-electron chi connectivity index (χ1n) is 12.3. The molecule has 1 amide bonds. The van der Waals surface area contributed by atoms with Crippen molar-refractivity contribution in [1.29, 1.82) is 0 Å². The first kappa shape index (κ1) is 25.9. The smallest absolute Gasteiger partial charge is 0.295 e. The van der Waals surface area contributed by atoms with Gasteiger partial charge in [-0.25, -0.2) is 13.4 Å². The first-order chi connectivity index (χ1) is 18.9. The van der Waals surface area contributed by atoms with Crippen molar-refractivity contribution >= 4 is 21.6 Å². The molecule has 0 fully saturated rings. The zero-order valence-corrected chi connectivity index (χ0v) is 22.0. The predicted octanol–water partition coefficient (Wildman–Crippen LogP) is 6.24. The number of amides is 1. The van der Waals surface area contributed by atoms with Gasteiger partial charge in [0.05, 0.1) is 11.4 Å². The molecule has 5 aromatic rings. The van der Waals surface area contributed by atoms with Crippen LogP contribution in [0.2, 0.25) is 0 Å². The highest BCUT2D eigenvalue weighted by Crippen LogP contribution is 2.26. The van der Waals surface area contributed by atoms with E-state index in [0.29, 0.717) is 18.2 Å². The molecule has 0 atom stereocenters. The number of hydrogen-bond donors (Lipinski definition) is 0. The van der Waals surface area contributed by atoms with Crippen molar-refractivity contribution in [2.75, 3.05) is 4.90 Å². The zero-order valence-electron chi connectivity index (χ0n) is 21.2. The summed E-state index contributed by atoms with van der Waals surface area (Å²) in [5, 5.41) is -0.296. The van der Waals surface area contributed by atoms with Gasteiger partial charge < -0.3 is 9.15 Å². The second-order valence-electron chi connectivity index (χ2n) is 8.93. The summed E-state index contributed by atoms with van der Waals surface area (Å²) in [4.78, 5) is 19.4. The molecule has 0 radical (unpaired) electrons. The van der Waals surface area contributed by atoms with E-state index in [1.807, 2.05) is 61.5 Å². The highest BCUT2D eigenvalue weighted by atomic mass is 32.2. The number of aryl methyl sites for hydroxylation is 1. The van der Waals surface area contributed by atoms with E-state index < -0.39 is 15.7 Å². The second kappa shape index (κ2) is 11.4. The Hall–Kier alpha value is -4.69. The predicted molar refractivity (Wildman–Crippen MR) is 147 cm³/mol. The molecule has 0 aliphatic carbocycles. The lowest BCUT2D eigenvalue weighted by molar-refractivity contribution is 0.0952. The van der Waals surface area contributed by atoms with E-state index in [1.54, 1.807) is 36.5 Å². The third-order valence-corrected chi connectivity index (χ3v) is 7.71. The molecule has 5 rings (SSSR count). The molecule has 8 heteroatoms. The average molecular weight is 539 g/mol. The molecule has 0 saturated heterocycles. The van der Waals surface area contributed by atoms with Crippen LogP contribution in [0.4, 0.5) is 5.82 Å². The number of pyridine rings is 1. The standard InChI is InChI=1S/C31H26N2O5S/c1-23-10-16-27(17-11-23)39(35,36)30-19-18-28(38-30)31(34)33(29-9-5-6-20-32-29)21-24-12-14-26(15-13-24)37-22-25-7-3-2-4-8-25/h2-20H,21-22H2,1H3. The molecule has 196 valence electrons. The minimum Gasteiger partial charge on any atom is -0.489 e. The molecule has 0 aliphatic heterocycles. The molecule has 3 aromatic carbocycles. The van der Waals surface area contributed by atoms with Crippen LogP contribution in [-0.2, 0) is 23.0 Å². The van der Waals surface area contributed by atoms with E-state index in [-0.39, 0.29) is 22.3 Å². The molecule has 0 spiro atoms. The van der Waals surface area contributed by atoms with Gasteiger partial charge in [0.2, 0.25) is 14.9 Å². The van der Waals surface area contributed by atoms with E-state index >= 15 is 0 Å². The number of ether oxygens (including phenoxy) is 1. The van der Waals surface area contributed by atoms with Gasteiger partial charge in [-0.15, -0.1) is 0 Å². The Morgan fingerprint density at radius 2 is 1.54 bits per heavy atom. The lowest BCUT2D eigenvalue weighted by Gasteiger charge is -2.21. The van der Waals surface area contributed by atoms with Crippen LogP contribution >= 0.6 is 0 Å². The summed E-state index contributed by atoms with van der Waals surface area (Å²) >= 11 is 0. The zero-order chi connectivity index (χ0) is 27.2. The number of anilines is 1. The number of benzene rings is 3. The Bertz CT molecular complexity index is 1650. The largest absolute Gasteiger partial charge is 0.489 e. The third kappa shape index (κ3) is 6.08. The molecule has 0 saturated carbocycles. The van der Waals surface area contributed by atoms with E-state index in [0.717, 1.165) is 16.7 Å². The maximum atomic E-state index is 13.6. The van der Waals surface area contributed by atoms with Crippen LogP contribution < -0.4 is 9.64 Å². The molecule has 7 nitrogen and oxygen atoms in total. The molecule has 2 heterocycles. The SMILES string of the molecule is Cc1ccc(S(=O)(=O)c2ccc(C(=O)N(Cc3ccc(OCc4ccccc4)cc3)c3ccccn3)o2)cc1. The van der Waals surface area contributed by atoms with Crippen LogP contribution in [0.5, 0.6) is 5.75 Å². The molecular formula is C31H26N2O5S. The number of nitrogens with zero attached hydrogens (tertiary/aromatic N) is 2. The first-order valence-corrected chi connectivity index (χ1v) is 13.8. The van der Waals surface area contributed by atoms with Crippen molar-refractivity contribution in [2.45, 2.75) is 30.1 Å². The Labute approximate surface area is 227 Å². The minimum absolute atomic E-state index is 0.0950. The van der Waals surface area contributed by atoms with Crippen molar-refractivity contribution in [3.05, 3.63) is 138 Å². The summed E-state index contributed by atoms with van der Waals surface area (Å²) in [6.07, 6.45) is 1.59. The van der Waals surface area contributed by atoms with Crippen molar-refractivity contribution < 1.29 is 22.4 Å². The van der Waals surface area contributed by atoms with Crippen molar-refractivity contribution in [3.8, 4) is 5.75 Å². The highest BCUT2D eigenvalue weighted by Gasteiger charge is 2.27.